The Morgan fingerprint density at radius 2 is 1.25 bits per heavy atom. The van der Waals surface area contributed by atoms with Crippen molar-refractivity contribution in [1.82, 2.24) is 0 Å². The first-order chi connectivity index (χ1) is 23.1. The second-order valence-corrected chi connectivity index (χ2v) is 14.8. The Morgan fingerprint density at radius 3 is 1.88 bits per heavy atom. The minimum Gasteiger partial charge on any atom is -0.726 e. The van der Waals surface area contributed by atoms with Crippen molar-refractivity contribution >= 4 is 83.2 Å². The van der Waals surface area contributed by atoms with Crippen LogP contribution in [0, 0.1) is 0 Å². The van der Waals surface area contributed by atoms with E-state index in [0.717, 1.165) is 24.3 Å². The van der Waals surface area contributed by atoms with Crippen LogP contribution < -0.4 is 109 Å². The number of nitrogen functional groups attached to an aromatic ring is 1. The van der Waals surface area contributed by atoms with Gasteiger partial charge in [0, 0.05) is 12.1 Å². The van der Waals surface area contributed by atoms with Gasteiger partial charge in [0.25, 0.3) is 12.3 Å². The molecule has 0 amide bonds. The quantitative estimate of drug-likeness (QED) is 0.0123. The summed E-state index contributed by atoms with van der Waals surface area (Å²) in [4.78, 5) is -0.497. The van der Waals surface area contributed by atoms with Crippen molar-refractivity contribution in [3.05, 3.63) is 54.6 Å². The summed E-state index contributed by atoms with van der Waals surface area (Å²) in [5.41, 5.74) is 5.71. The molecule has 3 N–H and O–H groups in total. The average molecular weight is 856 g/mol. The maximum atomic E-state index is 12.6. The molecule has 0 spiro atoms. The summed E-state index contributed by atoms with van der Waals surface area (Å²) in [6.45, 7) is -1.27. The van der Waals surface area contributed by atoms with E-state index in [1.165, 1.54) is 30.3 Å². The number of phenolic OH excluding ortho intramolecular Hbond substituents is 1. The monoisotopic (exact) mass is 855 g/mol. The summed E-state index contributed by atoms with van der Waals surface area (Å²) in [5.74, 6) is -2.17. The van der Waals surface area contributed by atoms with E-state index in [1.807, 2.05) is 0 Å². The molecule has 0 aliphatic rings. The molecule has 3 aromatic carbocycles. The van der Waals surface area contributed by atoms with E-state index in [1.54, 1.807) is 0 Å². The fourth-order valence-electron chi connectivity index (χ4n) is 3.28. The van der Waals surface area contributed by atoms with Crippen LogP contribution in [0.3, 0.4) is 0 Å². The van der Waals surface area contributed by atoms with Crippen molar-refractivity contribution in [3.63, 3.8) is 0 Å². The Hall–Kier alpha value is -0.550. The molecule has 22 nitrogen and oxygen atoms in total. The van der Waals surface area contributed by atoms with Gasteiger partial charge < -0.3 is 30.1 Å². The smallest absolute Gasteiger partial charge is 0.726 e. The van der Waals surface area contributed by atoms with Crippen molar-refractivity contribution in [3.8, 4) is 11.5 Å². The molecule has 0 saturated carbocycles. The van der Waals surface area contributed by atoms with Crippen molar-refractivity contribution in [2.75, 3.05) is 30.5 Å². The molecule has 0 atom stereocenters. The van der Waals surface area contributed by atoms with Crippen molar-refractivity contribution in [2.24, 2.45) is 20.5 Å². The number of azo groups is 2. The van der Waals surface area contributed by atoms with Crippen LogP contribution in [0.25, 0.3) is 0 Å². The fraction of sp³-hybridized carbons (Fsp3) is 0.182. The van der Waals surface area contributed by atoms with Gasteiger partial charge in [0.1, 0.15) is 22.8 Å². The van der Waals surface area contributed by atoms with Gasteiger partial charge in [0.2, 0.25) is 10.4 Å². The molecule has 0 aliphatic carbocycles. The van der Waals surface area contributed by atoms with Gasteiger partial charge in [0.05, 0.1) is 45.9 Å². The molecule has 0 bridgehead atoms. The normalized spacial score (nSPS) is 11.9. The SMILES string of the molecule is Nc1cc(O)c(N=Nc2ccc(S(=O)(=O)CCOS(=O)(=O)[O-])cc2OSOO[O-])cc1N=Nc1ccc(S(=O)(=O)CCOSOO[O-])cc1.[Na+].[Na+].[Na+]. The molecular formula is C22H20N5Na3O17S5. The molecule has 268 valence electrons. The Kier molecular flexibility index (Phi) is 24.6. The molecule has 3 aromatic rings. The third-order valence-corrected chi connectivity index (χ3v) is 10.0. The summed E-state index contributed by atoms with van der Waals surface area (Å²) in [6, 6.07) is 10.5. The third-order valence-electron chi connectivity index (χ3n) is 5.45. The number of anilines is 1. The minimum absolute atomic E-state index is 0. The molecule has 0 fully saturated rings. The molecule has 0 aliphatic heterocycles. The van der Waals surface area contributed by atoms with Crippen molar-refractivity contribution < 1.29 is 165 Å². The third kappa shape index (κ3) is 17.5. The largest absolute Gasteiger partial charge is 1.00 e. The van der Waals surface area contributed by atoms with Gasteiger partial charge in [-0.05, 0) is 42.5 Å². The second-order valence-electron chi connectivity index (χ2n) is 8.60. The van der Waals surface area contributed by atoms with Gasteiger partial charge in [-0.1, -0.05) is 0 Å². The second kappa shape index (κ2) is 24.9. The molecule has 0 heterocycles. The van der Waals surface area contributed by atoms with Crippen LogP contribution in [-0.2, 0) is 57.2 Å². The zero-order valence-corrected chi connectivity index (χ0v) is 37.0. The fourth-order valence-corrected chi connectivity index (χ4v) is 6.44. The van der Waals surface area contributed by atoms with Gasteiger partial charge in [0.15, 0.2) is 37.7 Å². The van der Waals surface area contributed by atoms with Gasteiger partial charge in [-0.25, -0.2) is 25.3 Å². The zero-order valence-electron chi connectivity index (χ0n) is 26.9. The first-order valence-electron chi connectivity index (χ1n) is 12.5. The predicted molar refractivity (Wildman–Crippen MR) is 160 cm³/mol. The molecule has 0 radical (unpaired) electrons. The first kappa shape index (κ1) is 51.5. The van der Waals surface area contributed by atoms with Gasteiger partial charge in [-0.3, -0.25) is 18.4 Å². The van der Waals surface area contributed by atoms with Crippen LogP contribution >= 0.6 is 24.6 Å². The summed E-state index contributed by atoms with van der Waals surface area (Å²) in [7, 11) is -13.1. The molecular weight excluding hydrogens is 836 g/mol. The predicted octanol–water partition coefficient (Wildman–Crippen LogP) is -7.19. The molecule has 30 heteroatoms. The minimum atomic E-state index is -5.14. The number of aromatic hydroxyl groups is 1. The standard InChI is InChI=1S/C22H23N5O17S5.3Na/c23-17-12-21(28)20(13-19(17)26-24-14-1-3-15(4-2-14)47(31,32)9-7-38-45-43-41-29)27-25-18-6-5-16(11-22(18)40-46-44-42-30)48(33,34)10-8-39-49(35,36)37;;;/h1-6,11-13,28-30H,7-10,23H2,(H,35,36,37);;;/q;3*+1/p-3. The van der Waals surface area contributed by atoms with E-state index in [4.69, 9.17) is 14.1 Å². The molecule has 52 heavy (non-hydrogen) atoms. The summed E-state index contributed by atoms with van der Waals surface area (Å²) >= 11 is 0.149. The molecule has 0 saturated heterocycles. The van der Waals surface area contributed by atoms with Crippen LogP contribution in [0.15, 0.2) is 84.8 Å². The Morgan fingerprint density at radius 1 is 0.692 bits per heavy atom. The number of nitrogens with zero attached hydrogens (tertiary/aromatic N) is 4. The maximum Gasteiger partial charge on any atom is 1.00 e. The number of hydrogen-bond donors (Lipinski definition) is 2. The summed E-state index contributed by atoms with van der Waals surface area (Å²) < 4.78 is 103. The average Bonchev–Trinajstić information content (AvgIpc) is 3.03. The van der Waals surface area contributed by atoms with Crippen LogP contribution in [0.5, 0.6) is 11.5 Å². The van der Waals surface area contributed by atoms with Gasteiger partial charge >= 0.3 is 88.7 Å². The zero-order chi connectivity index (χ0) is 36.1. The van der Waals surface area contributed by atoms with Crippen LogP contribution in [0.4, 0.5) is 28.4 Å². The van der Waals surface area contributed by atoms with Crippen LogP contribution in [0.2, 0.25) is 0 Å². The van der Waals surface area contributed by atoms with E-state index in [2.05, 4.69) is 43.4 Å². The van der Waals surface area contributed by atoms with E-state index in [9.17, 15) is 45.4 Å². The van der Waals surface area contributed by atoms with Crippen molar-refractivity contribution in [1.29, 1.82) is 0 Å². The number of hydrogen-bond acceptors (Lipinski definition) is 24. The van der Waals surface area contributed by atoms with E-state index >= 15 is 0 Å². The topological polar surface area (TPSA) is 332 Å². The Labute approximate surface area is 371 Å². The van der Waals surface area contributed by atoms with Crippen LogP contribution in [0.1, 0.15) is 0 Å². The van der Waals surface area contributed by atoms with Gasteiger partial charge in [-0.2, -0.15) is 5.11 Å². The molecule has 0 unspecified atom stereocenters. The maximum absolute atomic E-state index is 12.6. The Bertz CT molecular complexity index is 1980. The number of sulfone groups is 2. The van der Waals surface area contributed by atoms with E-state index in [0.29, 0.717) is 0 Å². The summed E-state index contributed by atoms with van der Waals surface area (Å²) in [6.07, 6.45) is 0. The van der Waals surface area contributed by atoms with Gasteiger partial charge in [-0.15, -0.1) is 24.0 Å². The molecule has 0 aromatic heterocycles. The number of nitrogens with two attached hydrogens (primary N) is 1. The molecule has 3 rings (SSSR count). The van der Waals surface area contributed by atoms with Crippen LogP contribution in [-0.4, -0.2) is 59.6 Å². The number of benzene rings is 3. The number of rotatable bonds is 20. The van der Waals surface area contributed by atoms with E-state index in [-0.39, 0.29) is 159 Å². The first-order valence-corrected chi connectivity index (χ1v) is 18.4. The van der Waals surface area contributed by atoms with E-state index < -0.39 is 58.8 Å². The number of phenols is 1. The summed E-state index contributed by atoms with van der Waals surface area (Å²) in [5, 5.41) is 52.2. The Balaban J connectivity index is 0.00000867. The van der Waals surface area contributed by atoms with Crippen molar-refractivity contribution in [2.45, 2.75) is 9.79 Å².